The molecule has 4 heteroatoms. The van der Waals surface area contributed by atoms with E-state index in [0.717, 1.165) is 11.3 Å². The first-order chi connectivity index (χ1) is 8.38. The summed E-state index contributed by atoms with van der Waals surface area (Å²) >= 11 is 5.87. The summed E-state index contributed by atoms with van der Waals surface area (Å²) in [6.07, 6.45) is 1.20. The van der Waals surface area contributed by atoms with Crippen LogP contribution in [0.25, 0.3) is 0 Å². The second-order valence-electron chi connectivity index (χ2n) is 5.43. The molecule has 0 saturated heterocycles. The number of hydrogen-bond acceptors (Lipinski definition) is 2. The molecule has 1 aliphatic heterocycles. The second kappa shape index (κ2) is 4.73. The minimum atomic E-state index is -0.283. The van der Waals surface area contributed by atoms with Crippen LogP contribution in [0.1, 0.15) is 39.2 Å². The van der Waals surface area contributed by atoms with Gasteiger partial charge in [0.05, 0.1) is 11.3 Å². The summed E-state index contributed by atoms with van der Waals surface area (Å²) in [7, 11) is 0. The number of carbonyl (C=O) groups is 1. The molecule has 2 rings (SSSR count). The number of carbonyl (C=O) groups excluding carboxylic acids is 1. The number of nitrogens with zero attached hydrogens (tertiary/aromatic N) is 2. The molecule has 0 saturated carbocycles. The van der Waals surface area contributed by atoms with E-state index >= 15 is 0 Å². The fourth-order valence-corrected chi connectivity index (χ4v) is 2.05. The zero-order valence-corrected chi connectivity index (χ0v) is 11.7. The van der Waals surface area contributed by atoms with Gasteiger partial charge in [0.15, 0.2) is 0 Å². The zero-order chi connectivity index (χ0) is 13.3. The summed E-state index contributed by atoms with van der Waals surface area (Å²) in [4.78, 5) is 11.9. The van der Waals surface area contributed by atoms with Crippen molar-refractivity contribution in [1.82, 2.24) is 5.01 Å². The lowest BCUT2D eigenvalue weighted by Crippen LogP contribution is -2.44. The van der Waals surface area contributed by atoms with Crippen molar-refractivity contribution in [3.8, 4) is 0 Å². The van der Waals surface area contributed by atoms with Crippen LogP contribution in [0.2, 0.25) is 5.02 Å². The van der Waals surface area contributed by atoms with E-state index in [9.17, 15) is 4.79 Å². The molecule has 0 fully saturated rings. The number of amides is 1. The van der Waals surface area contributed by atoms with Crippen LogP contribution >= 0.6 is 11.6 Å². The molecule has 1 heterocycles. The molecule has 0 N–H and O–H groups in total. The molecule has 0 bridgehead atoms. The average Bonchev–Trinajstić information content (AvgIpc) is 2.29. The van der Waals surface area contributed by atoms with Gasteiger partial charge in [-0.25, -0.2) is 5.01 Å². The third kappa shape index (κ3) is 2.72. The van der Waals surface area contributed by atoms with E-state index in [1.807, 2.05) is 45.0 Å². The van der Waals surface area contributed by atoms with Crippen LogP contribution in [0, 0.1) is 0 Å². The van der Waals surface area contributed by atoms with E-state index in [1.54, 1.807) is 5.01 Å². The van der Waals surface area contributed by atoms with Crippen LogP contribution in [-0.4, -0.2) is 22.2 Å². The first-order valence-corrected chi connectivity index (χ1v) is 6.42. The van der Waals surface area contributed by atoms with Crippen LogP contribution in [-0.2, 0) is 4.79 Å². The maximum atomic E-state index is 11.9. The maximum Gasteiger partial charge on any atom is 0.243 e. The molecular formula is C14H17ClN2O. The van der Waals surface area contributed by atoms with E-state index < -0.39 is 0 Å². The van der Waals surface area contributed by atoms with Crippen molar-refractivity contribution in [1.29, 1.82) is 0 Å². The SMILES string of the molecule is CC(C)(C)N1N=C(c2ccc(Cl)cc2)CCC1=O. The molecule has 96 valence electrons. The molecule has 1 aromatic rings. The molecule has 18 heavy (non-hydrogen) atoms. The Kier molecular flexibility index (Phi) is 3.44. The zero-order valence-electron chi connectivity index (χ0n) is 10.9. The van der Waals surface area contributed by atoms with E-state index in [-0.39, 0.29) is 11.4 Å². The van der Waals surface area contributed by atoms with Gasteiger partial charge in [0.25, 0.3) is 0 Å². The van der Waals surface area contributed by atoms with Crippen LogP contribution in [0.4, 0.5) is 0 Å². The van der Waals surface area contributed by atoms with Crippen LogP contribution in [0.3, 0.4) is 0 Å². The van der Waals surface area contributed by atoms with Gasteiger partial charge in [-0.1, -0.05) is 23.7 Å². The van der Waals surface area contributed by atoms with E-state index in [4.69, 9.17) is 11.6 Å². The fraction of sp³-hybridized carbons (Fsp3) is 0.429. The van der Waals surface area contributed by atoms with Crippen molar-refractivity contribution in [2.45, 2.75) is 39.2 Å². The van der Waals surface area contributed by atoms with Gasteiger partial charge in [-0.3, -0.25) is 4.79 Å². The molecule has 0 radical (unpaired) electrons. The molecule has 0 unspecified atom stereocenters. The Morgan fingerprint density at radius 2 is 1.78 bits per heavy atom. The molecule has 0 aromatic heterocycles. The van der Waals surface area contributed by atoms with E-state index in [0.29, 0.717) is 17.9 Å². The minimum absolute atomic E-state index is 0.0835. The number of benzene rings is 1. The monoisotopic (exact) mass is 264 g/mol. The van der Waals surface area contributed by atoms with Crippen molar-refractivity contribution in [2.75, 3.05) is 0 Å². The predicted octanol–water partition coefficient (Wildman–Crippen LogP) is 3.47. The molecule has 1 amide bonds. The van der Waals surface area contributed by atoms with Gasteiger partial charge in [0, 0.05) is 17.9 Å². The van der Waals surface area contributed by atoms with Crippen LogP contribution in [0.15, 0.2) is 29.4 Å². The number of halogens is 1. The van der Waals surface area contributed by atoms with Gasteiger partial charge < -0.3 is 0 Å². The van der Waals surface area contributed by atoms with Crippen LogP contribution < -0.4 is 0 Å². The van der Waals surface area contributed by atoms with Gasteiger partial charge in [-0.15, -0.1) is 0 Å². The highest BCUT2D eigenvalue weighted by atomic mass is 35.5. The Labute approximate surface area is 112 Å². The summed E-state index contributed by atoms with van der Waals surface area (Å²) in [5.41, 5.74) is 1.69. The average molecular weight is 265 g/mol. The molecule has 1 aromatic carbocycles. The maximum absolute atomic E-state index is 11.9. The number of hydrogen-bond donors (Lipinski definition) is 0. The normalized spacial score (nSPS) is 16.8. The van der Waals surface area contributed by atoms with Crippen molar-refractivity contribution < 1.29 is 4.79 Å². The fourth-order valence-electron chi connectivity index (χ4n) is 1.93. The third-order valence-corrected chi connectivity index (χ3v) is 3.10. The van der Waals surface area contributed by atoms with Crippen molar-refractivity contribution >= 4 is 23.2 Å². The second-order valence-corrected chi connectivity index (χ2v) is 5.87. The van der Waals surface area contributed by atoms with Crippen molar-refractivity contribution in [3.05, 3.63) is 34.9 Å². The quantitative estimate of drug-likeness (QED) is 0.764. The lowest BCUT2D eigenvalue weighted by Gasteiger charge is -2.34. The lowest BCUT2D eigenvalue weighted by atomic mass is 10.0. The Bertz CT molecular complexity index is 486. The molecular weight excluding hydrogens is 248 g/mol. The predicted molar refractivity (Wildman–Crippen MR) is 73.8 cm³/mol. The van der Waals surface area contributed by atoms with E-state index in [1.165, 1.54) is 0 Å². The Morgan fingerprint density at radius 1 is 1.17 bits per heavy atom. The lowest BCUT2D eigenvalue weighted by molar-refractivity contribution is -0.136. The highest BCUT2D eigenvalue weighted by Crippen LogP contribution is 2.23. The summed E-state index contributed by atoms with van der Waals surface area (Å²) in [5, 5.41) is 6.78. The first kappa shape index (κ1) is 13.1. The molecule has 3 nitrogen and oxygen atoms in total. The standard InChI is InChI=1S/C14H17ClN2O/c1-14(2,3)17-13(18)9-8-12(16-17)10-4-6-11(15)7-5-10/h4-7H,8-9H2,1-3H3. The largest absolute Gasteiger partial charge is 0.273 e. The summed E-state index contributed by atoms with van der Waals surface area (Å²) < 4.78 is 0. The smallest absolute Gasteiger partial charge is 0.243 e. The summed E-state index contributed by atoms with van der Waals surface area (Å²) in [5.74, 6) is 0.0835. The summed E-state index contributed by atoms with van der Waals surface area (Å²) in [6.45, 7) is 5.96. The van der Waals surface area contributed by atoms with Gasteiger partial charge >= 0.3 is 0 Å². The van der Waals surface area contributed by atoms with Crippen molar-refractivity contribution in [2.24, 2.45) is 5.10 Å². The Balaban J connectivity index is 2.34. The summed E-state index contributed by atoms with van der Waals surface area (Å²) in [6, 6.07) is 7.57. The molecule has 0 spiro atoms. The van der Waals surface area contributed by atoms with Crippen LogP contribution in [0.5, 0.6) is 0 Å². The van der Waals surface area contributed by atoms with Crippen molar-refractivity contribution in [3.63, 3.8) is 0 Å². The Hall–Kier alpha value is -1.35. The topological polar surface area (TPSA) is 32.7 Å². The van der Waals surface area contributed by atoms with Gasteiger partial charge in [0.2, 0.25) is 5.91 Å². The highest BCUT2D eigenvalue weighted by molar-refractivity contribution is 6.30. The van der Waals surface area contributed by atoms with Gasteiger partial charge in [-0.2, -0.15) is 5.10 Å². The number of hydrazone groups is 1. The minimum Gasteiger partial charge on any atom is -0.273 e. The molecule has 0 atom stereocenters. The molecule has 1 aliphatic rings. The molecule has 0 aliphatic carbocycles. The third-order valence-electron chi connectivity index (χ3n) is 2.85. The first-order valence-electron chi connectivity index (χ1n) is 6.04. The number of rotatable bonds is 1. The van der Waals surface area contributed by atoms with Gasteiger partial charge in [-0.05, 0) is 38.5 Å². The van der Waals surface area contributed by atoms with E-state index in [2.05, 4.69) is 5.10 Å². The van der Waals surface area contributed by atoms with Gasteiger partial charge in [0.1, 0.15) is 0 Å². The Morgan fingerprint density at radius 3 is 2.33 bits per heavy atom. The highest BCUT2D eigenvalue weighted by Gasteiger charge is 2.30.